The third-order valence-corrected chi connectivity index (χ3v) is 2.16. The molecule has 0 aromatic carbocycles. The first kappa shape index (κ1) is 9.58. The molecule has 0 fully saturated rings. The lowest BCUT2D eigenvalue weighted by Gasteiger charge is -2.03. The van der Waals surface area contributed by atoms with Gasteiger partial charge in [0.1, 0.15) is 11.6 Å². The Hall–Kier alpha value is -1.97. The van der Waals surface area contributed by atoms with Gasteiger partial charge >= 0.3 is 0 Å². The smallest absolute Gasteiger partial charge is 0.142 e. The van der Waals surface area contributed by atoms with Gasteiger partial charge in [0.05, 0.1) is 6.20 Å². The molecule has 0 aliphatic carbocycles. The van der Waals surface area contributed by atoms with Crippen LogP contribution in [0.2, 0.25) is 0 Å². The summed E-state index contributed by atoms with van der Waals surface area (Å²) in [6.07, 6.45) is 4.37. The second-order valence-electron chi connectivity index (χ2n) is 3.32. The molecule has 0 aliphatic heterocycles. The number of anilines is 1. The molecule has 0 saturated heterocycles. The third-order valence-electron chi connectivity index (χ3n) is 2.16. The van der Waals surface area contributed by atoms with E-state index in [0.717, 1.165) is 11.1 Å². The summed E-state index contributed by atoms with van der Waals surface area (Å²) in [6.45, 7) is 1.86. The molecule has 0 spiro atoms. The highest BCUT2D eigenvalue weighted by molar-refractivity contribution is 5.64. The summed E-state index contributed by atoms with van der Waals surface area (Å²) < 4.78 is 12.9. The van der Waals surface area contributed by atoms with Gasteiger partial charge in [0.15, 0.2) is 0 Å². The minimum atomic E-state index is -0.359. The van der Waals surface area contributed by atoms with E-state index >= 15 is 0 Å². The van der Waals surface area contributed by atoms with Crippen molar-refractivity contribution in [3.63, 3.8) is 0 Å². The summed E-state index contributed by atoms with van der Waals surface area (Å²) in [5, 5.41) is 0. The van der Waals surface area contributed by atoms with Gasteiger partial charge in [0.25, 0.3) is 0 Å². The van der Waals surface area contributed by atoms with Crippen LogP contribution in [0.1, 0.15) is 5.56 Å². The predicted molar refractivity (Wildman–Crippen MR) is 56.6 cm³/mol. The SMILES string of the molecule is Cc1cc(-c2cncc(F)c2)cnc1N. The van der Waals surface area contributed by atoms with E-state index < -0.39 is 0 Å². The van der Waals surface area contributed by atoms with Crippen molar-refractivity contribution in [3.8, 4) is 11.1 Å². The molecular formula is C11H10FN3. The molecule has 0 saturated carbocycles. The number of hydrogen-bond acceptors (Lipinski definition) is 3. The van der Waals surface area contributed by atoms with Crippen molar-refractivity contribution >= 4 is 5.82 Å². The first-order valence-electron chi connectivity index (χ1n) is 4.50. The van der Waals surface area contributed by atoms with Crippen molar-refractivity contribution in [2.75, 3.05) is 5.73 Å². The third kappa shape index (κ3) is 1.93. The molecule has 2 heterocycles. The Morgan fingerprint density at radius 3 is 2.53 bits per heavy atom. The van der Waals surface area contributed by atoms with Crippen LogP contribution < -0.4 is 5.73 Å². The molecule has 0 amide bonds. The van der Waals surface area contributed by atoms with Gasteiger partial charge in [-0.2, -0.15) is 0 Å². The Bertz CT molecular complexity index is 497. The number of aromatic nitrogens is 2. The fraction of sp³-hybridized carbons (Fsp3) is 0.0909. The fourth-order valence-corrected chi connectivity index (χ4v) is 1.31. The van der Waals surface area contributed by atoms with Crippen LogP contribution in [0, 0.1) is 12.7 Å². The zero-order valence-corrected chi connectivity index (χ0v) is 8.24. The summed E-state index contributed by atoms with van der Waals surface area (Å²) in [6, 6.07) is 3.28. The molecule has 0 unspecified atom stereocenters. The first-order valence-corrected chi connectivity index (χ1v) is 4.50. The minimum absolute atomic E-state index is 0.359. The highest BCUT2D eigenvalue weighted by atomic mass is 19.1. The van der Waals surface area contributed by atoms with Gasteiger partial charge in [-0.3, -0.25) is 4.98 Å². The molecular weight excluding hydrogens is 193 g/mol. The van der Waals surface area contributed by atoms with Crippen LogP contribution in [-0.4, -0.2) is 9.97 Å². The quantitative estimate of drug-likeness (QED) is 0.772. The zero-order valence-electron chi connectivity index (χ0n) is 8.24. The molecule has 2 aromatic rings. The Morgan fingerprint density at radius 1 is 1.13 bits per heavy atom. The largest absolute Gasteiger partial charge is 0.383 e. The molecule has 3 nitrogen and oxygen atoms in total. The van der Waals surface area contributed by atoms with Crippen molar-refractivity contribution in [1.82, 2.24) is 9.97 Å². The second-order valence-corrected chi connectivity index (χ2v) is 3.32. The van der Waals surface area contributed by atoms with Crippen molar-refractivity contribution in [2.45, 2.75) is 6.92 Å². The Balaban J connectivity index is 2.50. The zero-order chi connectivity index (χ0) is 10.8. The monoisotopic (exact) mass is 203 g/mol. The lowest BCUT2D eigenvalue weighted by atomic mass is 10.1. The molecule has 2 rings (SSSR count). The maximum absolute atomic E-state index is 12.9. The summed E-state index contributed by atoms with van der Waals surface area (Å²) in [7, 11) is 0. The Kier molecular flexibility index (Phi) is 2.33. The van der Waals surface area contributed by atoms with Gasteiger partial charge in [-0.1, -0.05) is 0 Å². The van der Waals surface area contributed by atoms with Crippen LogP contribution in [0.5, 0.6) is 0 Å². The highest BCUT2D eigenvalue weighted by Gasteiger charge is 2.02. The average molecular weight is 203 g/mol. The molecule has 76 valence electrons. The van der Waals surface area contributed by atoms with Gasteiger partial charge in [-0.25, -0.2) is 9.37 Å². The summed E-state index contributed by atoms with van der Waals surface area (Å²) in [4.78, 5) is 7.79. The minimum Gasteiger partial charge on any atom is -0.383 e. The van der Waals surface area contributed by atoms with Crippen LogP contribution >= 0.6 is 0 Å². The number of hydrogen-bond donors (Lipinski definition) is 1. The molecule has 0 radical (unpaired) electrons. The maximum Gasteiger partial charge on any atom is 0.142 e. The predicted octanol–water partition coefficient (Wildman–Crippen LogP) is 2.17. The molecule has 2 aromatic heterocycles. The molecule has 0 bridgehead atoms. The van der Waals surface area contributed by atoms with Crippen molar-refractivity contribution in [2.24, 2.45) is 0 Å². The highest BCUT2D eigenvalue weighted by Crippen LogP contribution is 2.21. The van der Waals surface area contributed by atoms with Gasteiger partial charge < -0.3 is 5.73 Å². The lowest BCUT2D eigenvalue weighted by molar-refractivity contribution is 0.622. The number of nitrogens with zero attached hydrogens (tertiary/aromatic N) is 2. The number of halogens is 1. The van der Waals surface area contributed by atoms with E-state index in [2.05, 4.69) is 9.97 Å². The molecule has 0 atom stereocenters. The van der Waals surface area contributed by atoms with Crippen molar-refractivity contribution < 1.29 is 4.39 Å². The number of rotatable bonds is 1. The van der Waals surface area contributed by atoms with Crippen LogP contribution in [-0.2, 0) is 0 Å². The van der Waals surface area contributed by atoms with Gasteiger partial charge in [-0.05, 0) is 24.6 Å². The number of aryl methyl sites for hydroxylation is 1. The summed E-state index contributed by atoms with van der Waals surface area (Å²) in [5.41, 5.74) is 7.98. The molecule has 2 N–H and O–H groups in total. The van der Waals surface area contributed by atoms with E-state index in [1.807, 2.05) is 13.0 Å². The topological polar surface area (TPSA) is 51.8 Å². The Morgan fingerprint density at radius 2 is 1.87 bits per heavy atom. The molecule has 15 heavy (non-hydrogen) atoms. The lowest BCUT2D eigenvalue weighted by Crippen LogP contribution is -1.94. The summed E-state index contributed by atoms with van der Waals surface area (Å²) in [5.74, 6) is 0.130. The standard InChI is InChI=1S/C11H10FN3/c1-7-2-8(5-15-11(7)13)9-3-10(12)6-14-4-9/h2-6H,1H3,(H2,13,15). The van der Waals surface area contributed by atoms with Gasteiger partial charge in [-0.15, -0.1) is 0 Å². The van der Waals surface area contributed by atoms with Crippen LogP contribution in [0.25, 0.3) is 11.1 Å². The number of pyridine rings is 2. The van der Waals surface area contributed by atoms with Gasteiger partial charge in [0, 0.05) is 23.5 Å². The maximum atomic E-state index is 12.9. The van der Waals surface area contributed by atoms with E-state index in [-0.39, 0.29) is 5.82 Å². The Labute approximate surface area is 86.8 Å². The van der Waals surface area contributed by atoms with E-state index in [0.29, 0.717) is 11.4 Å². The molecule has 0 aliphatic rings. The number of nitrogen functional groups attached to an aromatic ring is 1. The van der Waals surface area contributed by atoms with E-state index in [4.69, 9.17) is 5.73 Å². The average Bonchev–Trinajstić information content (AvgIpc) is 2.22. The molecule has 4 heteroatoms. The normalized spacial score (nSPS) is 10.3. The van der Waals surface area contributed by atoms with E-state index in [1.54, 1.807) is 12.4 Å². The van der Waals surface area contributed by atoms with Gasteiger partial charge in [0.2, 0.25) is 0 Å². The first-order chi connectivity index (χ1) is 7.16. The van der Waals surface area contributed by atoms with Crippen molar-refractivity contribution in [1.29, 1.82) is 0 Å². The number of nitrogens with two attached hydrogens (primary N) is 1. The van der Waals surface area contributed by atoms with Crippen LogP contribution in [0.3, 0.4) is 0 Å². The van der Waals surface area contributed by atoms with Crippen molar-refractivity contribution in [3.05, 3.63) is 42.1 Å². The second kappa shape index (κ2) is 3.65. The summed E-state index contributed by atoms with van der Waals surface area (Å²) >= 11 is 0. The van der Waals surface area contributed by atoms with E-state index in [9.17, 15) is 4.39 Å². The van der Waals surface area contributed by atoms with Crippen LogP contribution in [0.4, 0.5) is 10.2 Å². The fourth-order valence-electron chi connectivity index (χ4n) is 1.31. The van der Waals surface area contributed by atoms with E-state index in [1.165, 1.54) is 12.3 Å². The van der Waals surface area contributed by atoms with Crippen LogP contribution in [0.15, 0.2) is 30.7 Å².